The number of nitrogens with zero attached hydrogens (tertiary/aromatic N) is 1. The summed E-state index contributed by atoms with van der Waals surface area (Å²) < 4.78 is 40.8. The van der Waals surface area contributed by atoms with E-state index in [-0.39, 0.29) is 11.5 Å². The number of nitrogens with one attached hydrogen (secondary N) is 1. The molecule has 3 N–H and O–H groups in total. The number of halogens is 2. The number of benzene rings is 1. The fraction of sp³-hybridized carbons (Fsp3) is 0.0833. The van der Waals surface area contributed by atoms with E-state index in [0.29, 0.717) is 10.0 Å². The van der Waals surface area contributed by atoms with E-state index in [1.807, 2.05) is 0 Å². The summed E-state index contributed by atoms with van der Waals surface area (Å²) in [6.45, 7) is 1.59. The van der Waals surface area contributed by atoms with E-state index in [1.54, 1.807) is 19.1 Å². The largest absolute Gasteiger partial charge is 0.398 e. The molecule has 5 nitrogen and oxygen atoms in total. The van der Waals surface area contributed by atoms with Gasteiger partial charge in [0.15, 0.2) is 5.82 Å². The molecule has 0 aliphatic heterocycles. The van der Waals surface area contributed by atoms with Crippen molar-refractivity contribution in [2.75, 3.05) is 10.5 Å². The van der Waals surface area contributed by atoms with Gasteiger partial charge in [0.1, 0.15) is 10.7 Å². The van der Waals surface area contributed by atoms with Crippen LogP contribution in [0.4, 0.5) is 15.9 Å². The van der Waals surface area contributed by atoms with Crippen LogP contribution in [0.3, 0.4) is 0 Å². The number of sulfonamides is 1. The van der Waals surface area contributed by atoms with Crippen LogP contribution in [-0.4, -0.2) is 13.4 Å². The van der Waals surface area contributed by atoms with E-state index in [9.17, 15) is 12.8 Å². The van der Waals surface area contributed by atoms with Crippen molar-refractivity contribution >= 4 is 37.5 Å². The first-order valence-corrected chi connectivity index (χ1v) is 7.78. The van der Waals surface area contributed by atoms with Crippen LogP contribution in [-0.2, 0) is 10.0 Å². The third-order valence-electron chi connectivity index (χ3n) is 2.60. The summed E-state index contributed by atoms with van der Waals surface area (Å²) in [5.74, 6) is -0.790. The summed E-state index contributed by atoms with van der Waals surface area (Å²) in [6, 6.07) is 5.41. The van der Waals surface area contributed by atoms with E-state index in [4.69, 9.17) is 5.73 Å². The highest BCUT2D eigenvalue weighted by Gasteiger charge is 2.21. The van der Waals surface area contributed by atoms with Crippen molar-refractivity contribution in [3.05, 3.63) is 46.3 Å². The number of pyridine rings is 1. The molecule has 0 atom stereocenters. The fourth-order valence-corrected chi connectivity index (χ4v) is 3.13. The quantitative estimate of drug-likeness (QED) is 0.825. The van der Waals surface area contributed by atoms with Gasteiger partial charge in [0.2, 0.25) is 0 Å². The zero-order chi connectivity index (χ0) is 14.9. The van der Waals surface area contributed by atoms with Gasteiger partial charge in [-0.05, 0) is 52.7 Å². The molecular weight excluding hydrogens is 349 g/mol. The van der Waals surface area contributed by atoms with Crippen LogP contribution in [0, 0.1) is 12.7 Å². The molecule has 0 unspecified atom stereocenters. The Morgan fingerprint density at radius 3 is 2.75 bits per heavy atom. The first-order chi connectivity index (χ1) is 9.31. The molecule has 20 heavy (non-hydrogen) atoms. The maximum atomic E-state index is 13.8. The lowest BCUT2D eigenvalue weighted by molar-refractivity contribution is 0.570. The average Bonchev–Trinajstić information content (AvgIpc) is 2.36. The number of anilines is 2. The van der Waals surface area contributed by atoms with Crippen molar-refractivity contribution in [1.29, 1.82) is 0 Å². The molecule has 0 aliphatic carbocycles. The van der Waals surface area contributed by atoms with Crippen LogP contribution in [0.5, 0.6) is 0 Å². The standard InChI is InChI=1S/C12H11BrFN3O2S/c1-7-5-9(14)11(6-10(7)15)20(18,19)17-12-8(13)3-2-4-16-12/h2-6H,15H2,1H3,(H,16,17). The molecule has 1 aromatic heterocycles. The smallest absolute Gasteiger partial charge is 0.266 e. The third kappa shape index (κ3) is 2.91. The number of nitrogens with two attached hydrogens (primary N) is 1. The van der Waals surface area contributed by atoms with Gasteiger partial charge in [-0.2, -0.15) is 0 Å². The lowest BCUT2D eigenvalue weighted by atomic mass is 10.2. The second-order valence-electron chi connectivity index (χ2n) is 4.08. The first kappa shape index (κ1) is 14.7. The second kappa shape index (κ2) is 5.37. The topological polar surface area (TPSA) is 85.1 Å². The minimum Gasteiger partial charge on any atom is -0.398 e. The van der Waals surface area contributed by atoms with E-state index in [2.05, 4.69) is 25.6 Å². The fourth-order valence-electron chi connectivity index (χ4n) is 1.52. The molecule has 0 fully saturated rings. The van der Waals surface area contributed by atoms with Crippen LogP contribution < -0.4 is 10.5 Å². The van der Waals surface area contributed by atoms with Crippen molar-refractivity contribution in [3.8, 4) is 0 Å². The Kier molecular flexibility index (Phi) is 3.96. The number of hydrogen-bond acceptors (Lipinski definition) is 4. The van der Waals surface area contributed by atoms with Crippen LogP contribution in [0.25, 0.3) is 0 Å². The molecule has 1 aromatic carbocycles. The summed E-state index contributed by atoms with van der Waals surface area (Å²) >= 11 is 3.16. The maximum Gasteiger partial charge on any atom is 0.266 e. The van der Waals surface area contributed by atoms with Gasteiger partial charge in [-0.15, -0.1) is 0 Å². The highest BCUT2D eigenvalue weighted by atomic mass is 79.9. The van der Waals surface area contributed by atoms with Gasteiger partial charge in [-0.1, -0.05) is 0 Å². The summed E-state index contributed by atoms with van der Waals surface area (Å²) in [6.07, 6.45) is 1.42. The molecule has 0 spiro atoms. The Balaban J connectivity index is 2.47. The second-order valence-corrected chi connectivity index (χ2v) is 6.58. The molecule has 0 radical (unpaired) electrons. The van der Waals surface area contributed by atoms with E-state index in [1.165, 1.54) is 6.20 Å². The molecule has 2 rings (SSSR count). The van der Waals surface area contributed by atoms with Gasteiger partial charge in [0.05, 0.1) is 4.47 Å². The number of aromatic nitrogens is 1. The Hall–Kier alpha value is -1.67. The monoisotopic (exact) mass is 359 g/mol. The lowest BCUT2D eigenvalue weighted by Crippen LogP contribution is -2.16. The molecule has 0 bridgehead atoms. The lowest BCUT2D eigenvalue weighted by Gasteiger charge is -2.11. The predicted molar refractivity (Wildman–Crippen MR) is 78.3 cm³/mol. The summed E-state index contributed by atoms with van der Waals surface area (Å²) in [4.78, 5) is 3.35. The van der Waals surface area contributed by atoms with Gasteiger partial charge < -0.3 is 5.73 Å². The van der Waals surface area contributed by atoms with Crippen LogP contribution in [0.15, 0.2) is 39.8 Å². The molecule has 0 saturated heterocycles. The van der Waals surface area contributed by atoms with Crippen molar-refractivity contribution < 1.29 is 12.8 Å². The minimum atomic E-state index is -4.10. The predicted octanol–water partition coefficient (Wildman–Crippen LogP) is 2.67. The van der Waals surface area contributed by atoms with Gasteiger partial charge in [-0.3, -0.25) is 4.72 Å². The molecule has 0 saturated carbocycles. The summed E-state index contributed by atoms with van der Waals surface area (Å²) in [5, 5.41) is 0. The minimum absolute atomic E-state index is 0.0750. The van der Waals surface area contributed by atoms with Gasteiger partial charge in [0.25, 0.3) is 10.0 Å². The highest BCUT2D eigenvalue weighted by molar-refractivity contribution is 9.10. The van der Waals surface area contributed by atoms with Crippen LogP contribution >= 0.6 is 15.9 Å². The number of hydrogen-bond donors (Lipinski definition) is 2. The molecular formula is C12H11BrFN3O2S. The molecule has 1 heterocycles. The van der Waals surface area contributed by atoms with E-state index < -0.39 is 20.7 Å². The normalized spacial score (nSPS) is 11.3. The van der Waals surface area contributed by atoms with Crippen molar-refractivity contribution in [1.82, 2.24) is 4.98 Å². The molecule has 8 heteroatoms. The Morgan fingerprint density at radius 1 is 1.40 bits per heavy atom. The molecule has 2 aromatic rings. The summed E-state index contributed by atoms with van der Waals surface area (Å²) in [7, 11) is -4.10. The zero-order valence-electron chi connectivity index (χ0n) is 10.4. The van der Waals surface area contributed by atoms with E-state index in [0.717, 1.165) is 12.1 Å². The van der Waals surface area contributed by atoms with Crippen molar-refractivity contribution in [3.63, 3.8) is 0 Å². The zero-order valence-corrected chi connectivity index (χ0v) is 12.8. The number of rotatable bonds is 3. The SMILES string of the molecule is Cc1cc(F)c(S(=O)(=O)Nc2ncccc2Br)cc1N. The van der Waals surface area contributed by atoms with Crippen LogP contribution in [0.2, 0.25) is 0 Å². The highest BCUT2D eigenvalue weighted by Crippen LogP contribution is 2.25. The molecule has 106 valence electrons. The van der Waals surface area contributed by atoms with Gasteiger partial charge >= 0.3 is 0 Å². The number of aryl methyl sites for hydroxylation is 1. The van der Waals surface area contributed by atoms with Gasteiger partial charge in [0, 0.05) is 11.9 Å². The Bertz CT molecular complexity index is 765. The first-order valence-electron chi connectivity index (χ1n) is 5.50. The number of nitrogen functional groups attached to an aromatic ring is 1. The van der Waals surface area contributed by atoms with Gasteiger partial charge in [-0.25, -0.2) is 17.8 Å². The maximum absolute atomic E-state index is 13.8. The Labute approximate surface area is 124 Å². The third-order valence-corrected chi connectivity index (χ3v) is 4.59. The van der Waals surface area contributed by atoms with Crippen molar-refractivity contribution in [2.45, 2.75) is 11.8 Å². The summed E-state index contributed by atoms with van der Waals surface area (Å²) in [5.41, 5.74) is 6.30. The van der Waals surface area contributed by atoms with Crippen LogP contribution in [0.1, 0.15) is 5.56 Å². The average molecular weight is 360 g/mol. The molecule has 0 amide bonds. The van der Waals surface area contributed by atoms with Crippen molar-refractivity contribution in [2.24, 2.45) is 0 Å². The Morgan fingerprint density at radius 2 is 2.10 bits per heavy atom. The molecule has 0 aliphatic rings. The van der Waals surface area contributed by atoms with E-state index >= 15 is 0 Å².